The minimum atomic E-state index is -0.885. The van der Waals surface area contributed by atoms with E-state index in [1.165, 1.54) is 4.90 Å². The van der Waals surface area contributed by atoms with Crippen molar-refractivity contribution in [2.24, 2.45) is 0 Å². The molecule has 9 nitrogen and oxygen atoms in total. The highest BCUT2D eigenvalue weighted by Crippen LogP contribution is 2.41. The first-order valence-corrected chi connectivity index (χ1v) is 13.6. The van der Waals surface area contributed by atoms with E-state index in [0.29, 0.717) is 35.1 Å². The van der Waals surface area contributed by atoms with Crippen molar-refractivity contribution in [3.05, 3.63) is 94.4 Å². The van der Waals surface area contributed by atoms with Crippen LogP contribution in [-0.2, 0) is 9.53 Å². The van der Waals surface area contributed by atoms with E-state index in [2.05, 4.69) is 28.9 Å². The minimum Gasteiger partial charge on any atom is -0.503 e. The van der Waals surface area contributed by atoms with Crippen LogP contribution in [0.4, 0.5) is 5.82 Å². The molecule has 0 bridgehead atoms. The van der Waals surface area contributed by atoms with Gasteiger partial charge in [-0.2, -0.15) is 5.10 Å². The Kier molecular flexibility index (Phi) is 8.23. The summed E-state index contributed by atoms with van der Waals surface area (Å²) in [6, 6.07) is 17.0. The summed E-state index contributed by atoms with van der Waals surface area (Å²) in [7, 11) is 0. The maximum atomic E-state index is 13.8. The van der Waals surface area contributed by atoms with Gasteiger partial charge in [0.1, 0.15) is 12.4 Å². The Morgan fingerprint density at radius 1 is 1.02 bits per heavy atom. The van der Waals surface area contributed by atoms with Gasteiger partial charge < -0.3 is 14.6 Å². The number of anilines is 1. The van der Waals surface area contributed by atoms with Gasteiger partial charge in [-0.1, -0.05) is 50.2 Å². The standard InChI is InChI=1S/C31H34N4O5/c1-20(2)22-5-7-24(8-6-22)29(36)27-28(35(31(38)30(27)37)26-13-4-21(3)32-33-26)23-9-11-25(12-10-23)40-19-16-34-14-17-39-18-15-34/h4-13,20,28,37H,14-19H2,1-3H3. The number of aliphatic hydroxyl groups excluding tert-OH is 1. The smallest absolute Gasteiger partial charge is 0.295 e. The number of carbonyl (C=O) groups excluding carboxylic acids is 2. The van der Waals surface area contributed by atoms with Crippen molar-refractivity contribution in [2.75, 3.05) is 44.4 Å². The van der Waals surface area contributed by atoms with E-state index in [9.17, 15) is 14.7 Å². The third-order valence-electron chi connectivity index (χ3n) is 7.30. The number of Topliss-reactive ketones (excluding diaryl/α,β-unsaturated/α-hetero) is 1. The first-order valence-electron chi connectivity index (χ1n) is 13.6. The molecule has 2 aliphatic rings. The van der Waals surface area contributed by atoms with E-state index in [4.69, 9.17) is 9.47 Å². The lowest BCUT2D eigenvalue weighted by atomic mass is 9.91. The zero-order chi connectivity index (χ0) is 28.2. The molecule has 208 valence electrons. The van der Waals surface area contributed by atoms with Crippen LogP contribution in [0.25, 0.3) is 0 Å². The van der Waals surface area contributed by atoms with Crippen LogP contribution in [0.1, 0.15) is 53.0 Å². The van der Waals surface area contributed by atoms with E-state index in [1.54, 1.807) is 31.2 Å². The second-order valence-corrected chi connectivity index (χ2v) is 10.4. The molecule has 3 heterocycles. The number of carbonyl (C=O) groups is 2. The number of ether oxygens (including phenoxy) is 2. The number of aromatic nitrogens is 2. The number of hydrogen-bond acceptors (Lipinski definition) is 8. The summed E-state index contributed by atoms with van der Waals surface area (Å²) >= 11 is 0. The average molecular weight is 543 g/mol. The van der Waals surface area contributed by atoms with Gasteiger partial charge in [0.05, 0.1) is 30.5 Å². The molecule has 0 spiro atoms. The second kappa shape index (κ2) is 12.0. The van der Waals surface area contributed by atoms with Gasteiger partial charge in [-0.15, -0.1) is 5.10 Å². The number of ketones is 1. The molecule has 1 unspecified atom stereocenters. The first-order chi connectivity index (χ1) is 19.3. The van der Waals surface area contributed by atoms with Crippen LogP contribution in [-0.4, -0.2) is 71.3 Å². The quantitative estimate of drug-likeness (QED) is 0.397. The van der Waals surface area contributed by atoms with Gasteiger partial charge in [0.2, 0.25) is 0 Å². The van der Waals surface area contributed by atoms with Crippen LogP contribution in [0.5, 0.6) is 5.75 Å². The Bertz CT molecular complexity index is 1380. The van der Waals surface area contributed by atoms with E-state index in [-0.39, 0.29) is 11.4 Å². The first kappa shape index (κ1) is 27.5. The highest BCUT2D eigenvalue weighted by molar-refractivity contribution is 6.20. The number of nitrogens with zero attached hydrogens (tertiary/aromatic N) is 4. The molecule has 1 N–H and O–H groups in total. The Morgan fingerprint density at radius 2 is 1.73 bits per heavy atom. The van der Waals surface area contributed by atoms with Crippen LogP contribution in [0.15, 0.2) is 72.0 Å². The maximum absolute atomic E-state index is 13.8. The Morgan fingerprint density at radius 3 is 2.35 bits per heavy atom. The van der Waals surface area contributed by atoms with Crippen LogP contribution in [0, 0.1) is 6.92 Å². The maximum Gasteiger partial charge on any atom is 0.295 e. The van der Waals surface area contributed by atoms with Crippen molar-refractivity contribution in [1.82, 2.24) is 15.1 Å². The van der Waals surface area contributed by atoms with Crippen molar-refractivity contribution in [2.45, 2.75) is 32.7 Å². The summed E-state index contributed by atoms with van der Waals surface area (Å²) in [5.74, 6) is -0.473. The molecule has 1 amide bonds. The Balaban J connectivity index is 1.43. The van der Waals surface area contributed by atoms with Crippen LogP contribution < -0.4 is 9.64 Å². The van der Waals surface area contributed by atoms with Gasteiger partial charge in [0.15, 0.2) is 17.4 Å². The lowest BCUT2D eigenvalue weighted by molar-refractivity contribution is -0.117. The number of rotatable bonds is 9. The van der Waals surface area contributed by atoms with Crippen LogP contribution in [0.2, 0.25) is 0 Å². The van der Waals surface area contributed by atoms with Crippen LogP contribution in [0.3, 0.4) is 0 Å². The van der Waals surface area contributed by atoms with E-state index < -0.39 is 23.5 Å². The lowest BCUT2D eigenvalue weighted by Crippen LogP contribution is -2.38. The monoisotopic (exact) mass is 542 g/mol. The van der Waals surface area contributed by atoms with Crippen molar-refractivity contribution in [3.8, 4) is 5.75 Å². The fourth-order valence-corrected chi connectivity index (χ4v) is 4.95. The number of aliphatic hydroxyl groups is 1. The van der Waals surface area contributed by atoms with Crippen LogP contribution >= 0.6 is 0 Å². The average Bonchev–Trinajstić information content (AvgIpc) is 3.24. The predicted molar refractivity (Wildman–Crippen MR) is 151 cm³/mol. The highest BCUT2D eigenvalue weighted by Gasteiger charge is 2.45. The topological polar surface area (TPSA) is 105 Å². The third kappa shape index (κ3) is 5.76. The molecular weight excluding hydrogens is 508 g/mol. The summed E-state index contributed by atoms with van der Waals surface area (Å²) < 4.78 is 11.3. The van der Waals surface area contributed by atoms with E-state index in [0.717, 1.165) is 38.4 Å². The fraction of sp³-hybridized carbons (Fsp3) is 0.355. The Hall–Kier alpha value is -4.08. The number of aryl methyl sites for hydroxylation is 1. The number of amides is 1. The van der Waals surface area contributed by atoms with Crippen molar-refractivity contribution in [1.29, 1.82) is 0 Å². The molecule has 2 aromatic carbocycles. The number of hydrogen-bond donors (Lipinski definition) is 1. The molecule has 0 saturated carbocycles. The Labute approximate surface area is 234 Å². The molecule has 1 saturated heterocycles. The molecule has 3 aromatic rings. The van der Waals surface area contributed by atoms with Gasteiger partial charge in [0, 0.05) is 25.2 Å². The largest absolute Gasteiger partial charge is 0.503 e. The zero-order valence-corrected chi connectivity index (χ0v) is 23.0. The highest BCUT2D eigenvalue weighted by atomic mass is 16.5. The molecule has 0 aliphatic carbocycles. The van der Waals surface area contributed by atoms with Crippen molar-refractivity contribution < 1.29 is 24.2 Å². The minimum absolute atomic E-state index is 0.00524. The molecule has 9 heteroatoms. The predicted octanol–water partition coefficient (Wildman–Crippen LogP) is 4.40. The number of morpholine rings is 1. The summed E-state index contributed by atoms with van der Waals surface area (Å²) in [6.45, 7) is 10.5. The van der Waals surface area contributed by atoms with E-state index in [1.807, 2.05) is 36.4 Å². The molecule has 1 aromatic heterocycles. The normalized spacial score (nSPS) is 18.1. The summed E-state index contributed by atoms with van der Waals surface area (Å²) in [5, 5.41) is 19.3. The summed E-state index contributed by atoms with van der Waals surface area (Å²) in [4.78, 5) is 30.8. The molecule has 5 rings (SSSR count). The number of benzene rings is 2. The van der Waals surface area contributed by atoms with Gasteiger partial charge in [-0.3, -0.25) is 19.4 Å². The van der Waals surface area contributed by atoms with Gasteiger partial charge in [-0.25, -0.2) is 0 Å². The molecule has 1 fully saturated rings. The summed E-state index contributed by atoms with van der Waals surface area (Å²) in [6.07, 6.45) is 0. The fourth-order valence-electron chi connectivity index (χ4n) is 4.95. The molecule has 1 atom stereocenters. The van der Waals surface area contributed by atoms with E-state index >= 15 is 0 Å². The van der Waals surface area contributed by atoms with Gasteiger partial charge in [-0.05, 0) is 48.2 Å². The molecule has 0 radical (unpaired) electrons. The zero-order valence-electron chi connectivity index (χ0n) is 23.0. The second-order valence-electron chi connectivity index (χ2n) is 10.4. The SMILES string of the molecule is Cc1ccc(N2C(=O)C(O)=C(C(=O)c3ccc(C(C)C)cc3)C2c2ccc(OCCN3CCOCC3)cc2)nn1. The van der Waals surface area contributed by atoms with Gasteiger partial charge in [0.25, 0.3) is 5.91 Å². The van der Waals surface area contributed by atoms with Crippen molar-refractivity contribution in [3.63, 3.8) is 0 Å². The lowest BCUT2D eigenvalue weighted by Gasteiger charge is -2.26. The molecular formula is C31H34N4O5. The molecule has 40 heavy (non-hydrogen) atoms. The summed E-state index contributed by atoms with van der Waals surface area (Å²) in [5.41, 5.74) is 2.82. The van der Waals surface area contributed by atoms with Gasteiger partial charge >= 0.3 is 0 Å². The van der Waals surface area contributed by atoms with Crippen molar-refractivity contribution >= 4 is 17.5 Å². The third-order valence-corrected chi connectivity index (χ3v) is 7.30. The molecule has 2 aliphatic heterocycles.